The van der Waals surface area contributed by atoms with Gasteiger partial charge in [0.25, 0.3) is 0 Å². The van der Waals surface area contributed by atoms with Gasteiger partial charge in [0, 0.05) is 5.92 Å². The summed E-state index contributed by atoms with van der Waals surface area (Å²) < 4.78 is 0. The van der Waals surface area contributed by atoms with Crippen molar-refractivity contribution < 1.29 is 0 Å². The Morgan fingerprint density at radius 2 is 1.68 bits per heavy atom. The minimum Gasteiger partial charge on any atom is -0.0752 e. The molecule has 0 aliphatic heterocycles. The van der Waals surface area contributed by atoms with Gasteiger partial charge in [-0.25, -0.2) is 0 Å². The zero-order chi connectivity index (χ0) is 14.0. The fourth-order valence-electron chi connectivity index (χ4n) is 3.13. The second-order valence-electron chi connectivity index (χ2n) is 5.37. The van der Waals surface area contributed by atoms with Gasteiger partial charge < -0.3 is 0 Å². The molecular weight excluding hydrogens is 247 g/mol. The van der Waals surface area contributed by atoms with Gasteiger partial charge in [-0.1, -0.05) is 64.6 Å². The monoisotopic (exact) mass is 272 g/mol. The highest BCUT2D eigenvalue weighted by Crippen LogP contribution is 2.42. The molecule has 0 bridgehead atoms. The molecule has 2 rings (SSSR count). The average Bonchev–Trinajstić information content (AvgIpc) is 2.66. The first-order chi connectivity index (χ1) is 9.10. The molecule has 0 fully saturated rings. The summed E-state index contributed by atoms with van der Waals surface area (Å²) in [6, 6.07) is 9.08. The molecule has 0 N–H and O–H groups in total. The smallest absolute Gasteiger partial charge is 0.000426 e. The molecule has 0 nitrogen and oxygen atoms in total. The van der Waals surface area contributed by atoms with Crippen molar-refractivity contribution in [1.29, 1.82) is 0 Å². The Balaban J connectivity index is 2.53. The number of allylic oxidation sites excluding steroid dienone is 4. The first-order valence-electron chi connectivity index (χ1n) is 7.34. The molecular formula is C18H25P. The van der Waals surface area contributed by atoms with Crippen LogP contribution in [0.25, 0.3) is 5.57 Å². The highest BCUT2D eigenvalue weighted by Gasteiger charge is 2.23. The molecule has 0 saturated heterocycles. The molecule has 0 aromatic heterocycles. The Labute approximate surface area is 119 Å². The average molecular weight is 272 g/mol. The fraction of sp³-hybridized carbons (Fsp3) is 0.444. The van der Waals surface area contributed by atoms with E-state index in [1.165, 1.54) is 29.0 Å². The minimum atomic E-state index is 0.00207. The van der Waals surface area contributed by atoms with E-state index in [-0.39, 0.29) is 7.92 Å². The molecule has 19 heavy (non-hydrogen) atoms. The summed E-state index contributed by atoms with van der Waals surface area (Å²) in [4.78, 5) is 0. The van der Waals surface area contributed by atoms with Crippen LogP contribution in [0.4, 0.5) is 0 Å². The zero-order valence-electron chi connectivity index (χ0n) is 12.8. The Hall–Kier alpha value is -0.870. The molecule has 1 aromatic rings. The molecule has 102 valence electrons. The molecule has 1 aliphatic carbocycles. The molecule has 1 aliphatic rings. The molecule has 1 unspecified atom stereocenters. The maximum Gasteiger partial charge on any atom is 0.000426 e. The summed E-state index contributed by atoms with van der Waals surface area (Å²) in [5.41, 5.74) is 6.01. The molecule has 0 radical (unpaired) electrons. The Kier molecular flexibility index (Phi) is 4.63. The van der Waals surface area contributed by atoms with Crippen LogP contribution in [0.1, 0.15) is 40.2 Å². The molecule has 0 saturated carbocycles. The van der Waals surface area contributed by atoms with E-state index in [2.05, 4.69) is 65.0 Å². The highest BCUT2D eigenvalue weighted by atomic mass is 31.1. The first kappa shape index (κ1) is 14.5. The van der Waals surface area contributed by atoms with Crippen molar-refractivity contribution in [2.24, 2.45) is 5.92 Å². The summed E-state index contributed by atoms with van der Waals surface area (Å²) in [6.07, 6.45) is 4.98. The summed E-state index contributed by atoms with van der Waals surface area (Å²) in [5.74, 6) is 0.562. The van der Waals surface area contributed by atoms with Crippen LogP contribution >= 0.6 is 7.92 Å². The molecule has 0 amide bonds. The maximum absolute atomic E-state index is 2.40. The number of hydrogen-bond donors (Lipinski definition) is 0. The molecule has 1 atom stereocenters. The summed E-state index contributed by atoms with van der Waals surface area (Å²) >= 11 is 0. The third-order valence-electron chi connectivity index (χ3n) is 4.25. The lowest BCUT2D eigenvalue weighted by Crippen LogP contribution is -2.12. The maximum atomic E-state index is 2.40. The Bertz CT molecular complexity index is 518. The van der Waals surface area contributed by atoms with E-state index in [9.17, 15) is 0 Å². The highest BCUT2D eigenvalue weighted by molar-refractivity contribution is 7.65. The number of benzene rings is 1. The Morgan fingerprint density at radius 1 is 1.05 bits per heavy atom. The van der Waals surface area contributed by atoms with Gasteiger partial charge in [0.2, 0.25) is 0 Å². The third kappa shape index (κ3) is 2.70. The van der Waals surface area contributed by atoms with E-state index in [0.717, 1.165) is 0 Å². The van der Waals surface area contributed by atoms with Gasteiger partial charge in [-0.05, 0) is 48.2 Å². The Morgan fingerprint density at radius 3 is 2.21 bits per heavy atom. The topological polar surface area (TPSA) is 0 Å². The normalized spacial score (nSPS) is 19.3. The van der Waals surface area contributed by atoms with Gasteiger partial charge in [-0.3, -0.25) is 0 Å². The van der Waals surface area contributed by atoms with E-state index in [1.54, 1.807) is 10.9 Å². The molecule has 1 aromatic carbocycles. The van der Waals surface area contributed by atoms with E-state index < -0.39 is 0 Å². The minimum absolute atomic E-state index is 0.00207. The van der Waals surface area contributed by atoms with Crippen LogP contribution in [-0.4, -0.2) is 12.3 Å². The molecule has 0 spiro atoms. The third-order valence-corrected chi connectivity index (χ3v) is 6.85. The van der Waals surface area contributed by atoms with E-state index in [1.807, 2.05) is 0 Å². The molecule has 0 heterocycles. The fourth-order valence-corrected chi connectivity index (χ4v) is 5.09. The van der Waals surface area contributed by atoms with Gasteiger partial charge in [0.1, 0.15) is 0 Å². The van der Waals surface area contributed by atoms with Crippen molar-refractivity contribution >= 4 is 18.8 Å². The van der Waals surface area contributed by atoms with E-state index >= 15 is 0 Å². The van der Waals surface area contributed by atoms with Gasteiger partial charge in [-0.15, -0.1) is 0 Å². The lowest BCUT2D eigenvalue weighted by atomic mass is 9.94. The largest absolute Gasteiger partial charge is 0.0752 e. The van der Waals surface area contributed by atoms with Crippen LogP contribution in [0.5, 0.6) is 0 Å². The second-order valence-corrected chi connectivity index (χ2v) is 8.19. The first-order valence-corrected chi connectivity index (χ1v) is 9.05. The van der Waals surface area contributed by atoms with Gasteiger partial charge in [0.15, 0.2) is 0 Å². The second kappa shape index (κ2) is 6.06. The van der Waals surface area contributed by atoms with Crippen molar-refractivity contribution in [2.75, 3.05) is 12.3 Å². The predicted octanol–water partition coefficient (Wildman–Crippen LogP) is 5.20. The van der Waals surface area contributed by atoms with Gasteiger partial charge >= 0.3 is 0 Å². The van der Waals surface area contributed by atoms with Crippen molar-refractivity contribution in [3.8, 4) is 0 Å². The number of rotatable bonds is 4. The van der Waals surface area contributed by atoms with Crippen LogP contribution in [0, 0.1) is 5.92 Å². The lowest BCUT2D eigenvalue weighted by Gasteiger charge is -2.21. The van der Waals surface area contributed by atoms with Crippen molar-refractivity contribution in [1.82, 2.24) is 0 Å². The van der Waals surface area contributed by atoms with E-state index in [4.69, 9.17) is 0 Å². The van der Waals surface area contributed by atoms with E-state index in [0.29, 0.717) is 5.92 Å². The number of hydrogen-bond acceptors (Lipinski definition) is 0. The predicted molar refractivity (Wildman–Crippen MR) is 89.6 cm³/mol. The lowest BCUT2D eigenvalue weighted by molar-refractivity contribution is 0.977. The van der Waals surface area contributed by atoms with Crippen molar-refractivity contribution in [3.63, 3.8) is 0 Å². The van der Waals surface area contributed by atoms with Crippen LogP contribution in [0.3, 0.4) is 0 Å². The zero-order valence-corrected chi connectivity index (χ0v) is 13.7. The van der Waals surface area contributed by atoms with Crippen LogP contribution in [-0.2, 0) is 0 Å². The SMILES string of the molecule is CCP(CC)c1ccccc1C1=C(C)C(C)=CC1C. The summed E-state index contributed by atoms with van der Waals surface area (Å²) in [7, 11) is 0.00207. The van der Waals surface area contributed by atoms with Crippen LogP contribution in [0.2, 0.25) is 0 Å². The molecule has 1 heteroatoms. The van der Waals surface area contributed by atoms with Crippen molar-refractivity contribution in [3.05, 3.63) is 47.1 Å². The van der Waals surface area contributed by atoms with Crippen LogP contribution < -0.4 is 5.30 Å². The quantitative estimate of drug-likeness (QED) is 0.661. The summed E-state index contributed by atoms with van der Waals surface area (Å²) in [5, 5.41) is 1.60. The standard InChI is InChI=1S/C18H25P/c1-6-19(7-2)17-11-9-8-10-16(17)18-14(4)12-13(3)15(18)5/h8-12,14H,6-7H2,1-5H3. The van der Waals surface area contributed by atoms with Crippen molar-refractivity contribution in [2.45, 2.75) is 34.6 Å². The van der Waals surface area contributed by atoms with Gasteiger partial charge in [0.05, 0.1) is 0 Å². The van der Waals surface area contributed by atoms with Gasteiger partial charge in [-0.2, -0.15) is 0 Å². The van der Waals surface area contributed by atoms with Crippen LogP contribution in [0.15, 0.2) is 41.5 Å². The summed E-state index contributed by atoms with van der Waals surface area (Å²) in [6.45, 7) is 11.5.